The van der Waals surface area contributed by atoms with Gasteiger partial charge < -0.3 is 19.9 Å². The number of carbonyl (C=O) groups is 1. The van der Waals surface area contributed by atoms with Crippen molar-refractivity contribution >= 4 is 21.7 Å². The van der Waals surface area contributed by atoms with Gasteiger partial charge in [0.2, 0.25) is 10.0 Å². The van der Waals surface area contributed by atoms with Gasteiger partial charge in [-0.1, -0.05) is 18.9 Å². The number of nitrogens with one attached hydrogen (secondary N) is 2. The van der Waals surface area contributed by atoms with E-state index in [-0.39, 0.29) is 23.0 Å². The minimum Gasteiger partial charge on any atom is -0.493 e. The number of rotatable bonds is 10. The Kier molecular flexibility index (Phi) is 7.40. The number of hydrogen-bond donors (Lipinski definition) is 3. The monoisotopic (exact) mass is 448 g/mol. The Balaban J connectivity index is 1.69. The first-order valence-electron chi connectivity index (χ1n) is 10.2. The van der Waals surface area contributed by atoms with Gasteiger partial charge in [-0.15, -0.1) is 0 Å². The second-order valence-electron chi connectivity index (χ2n) is 7.48. The highest BCUT2D eigenvalue weighted by atomic mass is 32.2. The lowest BCUT2D eigenvalue weighted by Crippen LogP contribution is -2.26. The van der Waals surface area contributed by atoms with Crippen molar-refractivity contribution in [3.8, 4) is 11.5 Å². The number of anilines is 1. The average molecular weight is 449 g/mol. The van der Waals surface area contributed by atoms with Gasteiger partial charge in [-0.3, -0.25) is 0 Å². The van der Waals surface area contributed by atoms with Gasteiger partial charge >= 0.3 is 5.97 Å². The quantitative estimate of drug-likeness (QED) is 0.511. The van der Waals surface area contributed by atoms with Crippen molar-refractivity contribution < 1.29 is 27.8 Å². The molecule has 3 rings (SSSR count). The summed E-state index contributed by atoms with van der Waals surface area (Å²) >= 11 is 0. The van der Waals surface area contributed by atoms with Gasteiger partial charge in [0.25, 0.3) is 0 Å². The summed E-state index contributed by atoms with van der Waals surface area (Å²) in [6.45, 7) is 0.155. The van der Waals surface area contributed by atoms with Crippen LogP contribution in [0.3, 0.4) is 0 Å². The molecule has 2 aromatic rings. The number of aromatic carboxylic acids is 1. The van der Waals surface area contributed by atoms with Crippen LogP contribution in [0.5, 0.6) is 11.5 Å². The van der Waals surface area contributed by atoms with E-state index in [1.165, 1.54) is 25.3 Å². The lowest BCUT2D eigenvalue weighted by Gasteiger charge is -2.16. The van der Waals surface area contributed by atoms with Crippen molar-refractivity contribution in [3.63, 3.8) is 0 Å². The van der Waals surface area contributed by atoms with Crippen molar-refractivity contribution in [2.24, 2.45) is 0 Å². The van der Waals surface area contributed by atoms with Gasteiger partial charge in [-0.25, -0.2) is 17.9 Å². The molecule has 0 spiro atoms. The molecule has 1 aliphatic rings. The molecule has 1 fully saturated rings. The zero-order chi connectivity index (χ0) is 22.4. The highest BCUT2D eigenvalue weighted by Crippen LogP contribution is 2.28. The second-order valence-corrected chi connectivity index (χ2v) is 9.24. The van der Waals surface area contributed by atoms with Crippen LogP contribution < -0.4 is 19.5 Å². The maximum atomic E-state index is 12.7. The Hall–Kier alpha value is -2.78. The molecular formula is C22H28N2O6S. The Morgan fingerprint density at radius 1 is 1.06 bits per heavy atom. The van der Waals surface area contributed by atoms with Crippen molar-refractivity contribution in [1.29, 1.82) is 0 Å². The zero-order valence-electron chi connectivity index (χ0n) is 17.7. The van der Waals surface area contributed by atoms with E-state index in [9.17, 15) is 18.3 Å². The summed E-state index contributed by atoms with van der Waals surface area (Å²) in [5.41, 5.74) is 1.28. The number of sulfonamides is 1. The predicted octanol–water partition coefficient (Wildman–Crippen LogP) is 3.28. The normalized spacial score (nSPS) is 14.4. The molecule has 8 nitrogen and oxygen atoms in total. The fraction of sp³-hybridized carbons (Fsp3) is 0.409. The Morgan fingerprint density at radius 3 is 2.42 bits per heavy atom. The average Bonchev–Trinajstić information content (AvgIpc) is 3.26. The SMILES string of the molecule is COc1ccc(CCNS(=O)(=O)c2ccc(NC3CCCC3)c(C(=O)O)c2)cc1OC. The molecule has 0 aromatic heterocycles. The topological polar surface area (TPSA) is 114 Å². The number of benzene rings is 2. The third-order valence-corrected chi connectivity index (χ3v) is 6.86. The summed E-state index contributed by atoms with van der Waals surface area (Å²) in [7, 11) is -0.771. The fourth-order valence-corrected chi connectivity index (χ4v) is 4.79. The fourth-order valence-electron chi connectivity index (χ4n) is 3.73. The lowest BCUT2D eigenvalue weighted by molar-refractivity contribution is 0.0697. The molecule has 0 saturated heterocycles. The molecule has 0 unspecified atom stereocenters. The van der Waals surface area contributed by atoms with E-state index in [1.54, 1.807) is 19.2 Å². The van der Waals surface area contributed by atoms with Crippen LogP contribution in [-0.2, 0) is 16.4 Å². The minimum atomic E-state index is -3.86. The molecular weight excluding hydrogens is 420 g/mol. The molecule has 9 heteroatoms. The molecule has 0 radical (unpaired) electrons. The first-order valence-corrected chi connectivity index (χ1v) is 11.7. The zero-order valence-corrected chi connectivity index (χ0v) is 18.5. The molecule has 1 aliphatic carbocycles. The number of carboxylic acid groups (broad SMARTS) is 1. The first kappa shape index (κ1) is 22.9. The molecule has 3 N–H and O–H groups in total. The molecule has 0 heterocycles. The Bertz CT molecular complexity index is 1030. The van der Waals surface area contributed by atoms with E-state index in [2.05, 4.69) is 10.0 Å². The maximum Gasteiger partial charge on any atom is 0.337 e. The van der Waals surface area contributed by atoms with Crippen LogP contribution in [-0.4, -0.2) is 46.3 Å². The summed E-state index contributed by atoms with van der Waals surface area (Å²) in [6, 6.07) is 9.78. The van der Waals surface area contributed by atoms with E-state index >= 15 is 0 Å². The van der Waals surface area contributed by atoms with Crippen LogP contribution in [0.15, 0.2) is 41.3 Å². The highest BCUT2D eigenvalue weighted by molar-refractivity contribution is 7.89. The van der Waals surface area contributed by atoms with E-state index in [0.717, 1.165) is 31.2 Å². The molecule has 31 heavy (non-hydrogen) atoms. The highest BCUT2D eigenvalue weighted by Gasteiger charge is 2.21. The summed E-state index contributed by atoms with van der Waals surface area (Å²) in [4.78, 5) is 11.6. The van der Waals surface area contributed by atoms with Crippen LogP contribution in [0.2, 0.25) is 0 Å². The van der Waals surface area contributed by atoms with Crippen LogP contribution in [0, 0.1) is 0 Å². The standard InChI is InChI=1S/C22H28N2O6S/c1-29-20-10-7-15(13-21(20)30-2)11-12-23-31(27,28)17-8-9-19(18(14-17)22(25)26)24-16-5-3-4-6-16/h7-10,13-14,16,23-24H,3-6,11-12H2,1-2H3,(H,25,26). The molecule has 0 aliphatic heterocycles. The van der Waals surface area contributed by atoms with Gasteiger partial charge in [0, 0.05) is 18.3 Å². The van der Waals surface area contributed by atoms with Crippen molar-refractivity contribution in [2.75, 3.05) is 26.1 Å². The number of ether oxygens (including phenoxy) is 2. The molecule has 1 saturated carbocycles. The maximum absolute atomic E-state index is 12.7. The number of hydrogen-bond acceptors (Lipinski definition) is 6. The summed E-state index contributed by atoms with van der Waals surface area (Å²) in [5.74, 6) is 0.00140. The third kappa shape index (κ3) is 5.68. The predicted molar refractivity (Wildman–Crippen MR) is 118 cm³/mol. The van der Waals surface area contributed by atoms with E-state index in [0.29, 0.717) is 23.6 Å². The summed E-state index contributed by atoms with van der Waals surface area (Å²) < 4.78 is 38.4. The van der Waals surface area contributed by atoms with E-state index < -0.39 is 16.0 Å². The van der Waals surface area contributed by atoms with E-state index in [4.69, 9.17) is 9.47 Å². The van der Waals surface area contributed by atoms with Crippen LogP contribution in [0.1, 0.15) is 41.6 Å². The number of carboxylic acids is 1. The van der Waals surface area contributed by atoms with Gasteiger partial charge in [0.05, 0.1) is 24.7 Å². The first-order chi connectivity index (χ1) is 14.8. The minimum absolute atomic E-state index is 0.0466. The summed E-state index contributed by atoms with van der Waals surface area (Å²) in [6.07, 6.45) is 4.62. The third-order valence-electron chi connectivity index (χ3n) is 5.40. The van der Waals surface area contributed by atoms with E-state index in [1.807, 2.05) is 6.07 Å². The Morgan fingerprint density at radius 2 is 1.77 bits per heavy atom. The van der Waals surface area contributed by atoms with Gasteiger partial charge in [0.15, 0.2) is 11.5 Å². The van der Waals surface area contributed by atoms with Gasteiger partial charge in [-0.05, 0) is 55.2 Å². The molecule has 2 aromatic carbocycles. The van der Waals surface area contributed by atoms with Gasteiger partial charge in [-0.2, -0.15) is 0 Å². The lowest BCUT2D eigenvalue weighted by atomic mass is 10.1. The molecule has 0 atom stereocenters. The number of methoxy groups -OCH3 is 2. The van der Waals surface area contributed by atoms with Gasteiger partial charge in [0.1, 0.15) is 0 Å². The second kappa shape index (κ2) is 10.0. The van der Waals surface area contributed by atoms with Crippen LogP contribution in [0.25, 0.3) is 0 Å². The largest absolute Gasteiger partial charge is 0.493 e. The van der Waals surface area contributed by atoms with Crippen molar-refractivity contribution in [2.45, 2.75) is 43.0 Å². The summed E-state index contributed by atoms with van der Waals surface area (Å²) in [5, 5.41) is 12.8. The smallest absolute Gasteiger partial charge is 0.337 e. The molecule has 0 amide bonds. The molecule has 168 valence electrons. The van der Waals surface area contributed by atoms with Crippen LogP contribution >= 0.6 is 0 Å². The van der Waals surface area contributed by atoms with Crippen molar-refractivity contribution in [1.82, 2.24) is 4.72 Å². The molecule has 0 bridgehead atoms. The van der Waals surface area contributed by atoms with Crippen LogP contribution in [0.4, 0.5) is 5.69 Å². The Labute approximate surface area is 182 Å². The van der Waals surface area contributed by atoms with Crippen molar-refractivity contribution in [3.05, 3.63) is 47.5 Å².